The molecular weight excluding hydrogens is 340 g/mol. The van der Waals surface area contributed by atoms with E-state index in [-0.39, 0.29) is 16.4 Å². The molecule has 0 fully saturated rings. The summed E-state index contributed by atoms with van der Waals surface area (Å²) in [5, 5.41) is 2.49. The Bertz CT molecular complexity index is 981. The van der Waals surface area contributed by atoms with E-state index >= 15 is 0 Å². The summed E-state index contributed by atoms with van der Waals surface area (Å²) in [6.07, 6.45) is 1.46. The molecule has 6 nitrogen and oxygen atoms in total. The lowest BCUT2D eigenvalue weighted by Gasteiger charge is -2.12. The summed E-state index contributed by atoms with van der Waals surface area (Å²) in [7, 11) is -2.44. The predicted octanol–water partition coefficient (Wildman–Crippen LogP) is 3.11. The minimum atomic E-state index is -3.92. The fraction of sp³-hybridized carbons (Fsp3) is 0.0556. The Morgan fingerprint density at radius 2 is 1.76 bits per heavy atom. The molecule has 0 radical (unpaired) electrons. The van der Waals surface area contributed by atoms with Gasteiger partial charge in [-0.1, -0.05) is 18.2 Å². The lowest BCUT2D eigenvalue weighted by atomic mass is 10.1. The van der Waals surface area contributed by atoms with Crippen molar-refractivity contribution in [3.8, 4) is 11.3 Å². The predicted molar refractivity (Wildman–Crippen MR) is 94.8 cm³/mol. The highest BCUT2D eigenvalue weighted by molar-refractivity contribution is 7.92. The highest BCUT2D eigenvalue weighted by Crippen LogP contribution is 2.30. The second-order valence-corrected chi connectivity index (χ2v) is 6.89. The first-order chi connectivity index (χ1) is 12.0. The molecule has 1 heterocycles. The van der Waals surface area contributed by atoms with Crippen molar-refractivity contribution in [3.05, 3.63) is 72.5 Å². The summed E-state index contributed by atoms with van der Waals surface area (Å²) in [4.78, 5) is 11.9. The Labute approximate surface area is 145 Å². The van der Waals surface area contributed by atoms with Crippen LogP contribution in [0.5, 0.6) is 0 Å². The van der Waals surface area contributed by atoms with Crippen LogP contribution in [0.25, 0.3) is 11.3 Å². The number of amides is 1. The van der Waals surface area contributed by atoms with Crippen LogP contribution in [0.3, 0.4) is 0 Å². The highest BCUT2D eigenvalue weighted by atomic mass is 32.2. The van der Waals surface area contributed by atoms with Gasteiger partial charge < -0.3 is 9.73 Å². The maximum atomic E-state index is 12.9. The van der Waals surface area contributed by atoms with Crippen LogP contribution in [0.15, 0.2) is 76.2 Å². The summed E-state index contributed by atoms with van der Waals surface area (Å²) >= 11 is 0. The molecule has 3 aromatic rings. The summed E-state index contributed by atoms with van der Waals surface area (Å²) in [5.74, 6) is 0.0269. The molecule has 0 spiro atoms. The van der Waals surface area contributed by atoms with Crippen molar-refractivity contribution < 1.29 is 17.6 Å². The SMILES string of the molecule is CNC(=O)c1ccc(-c2ccco2)c(S(=O)(=O)Nc2ccccc2)c1. The molecular formula is C18H16N2O4S. The standard InChI is InChI=1S/C18H16N2O4S/c1-19-18(21)13-9-10-15(16-8-5-11-24-16)17(12-13)25(22,23)20-14-6-3-2-4-7-14/h2-12,20H,1H3,(H,19,21). The van der Waals surface area contributed by atoms with Crippen molar-refractivity contribution in [2.24, 2.45) is 0 Å². The molecule has 25 heavy (non-hydrogen) atoms. The van der Waals surface area contributed by atoms with Crippen molar-refractivity contribution in [2.45, 2.75) is 4.90 Å². The fourth-order valence-electron chi connectivity index (χ4n) is 2.38. The highest BCUT2D eigenvalue weighted by Gasteiger charge is 2.23. The van der Waals surface area contributed by atoms with E-state index in [1.165, 1.54) is 19.4 Å². The number of carbonyl (C=O) groups is 1. The molecule has 1 aromatic heterocycles. The molecule has 0 aliphatic heterocycles. The third-order valence-electron chi connectivity index (χ3n) is 3.57. The van der Waals surface area contributed by atoms with Crippen LogP contribution >= 0.6 is 0 Å². The van der Waals surface area contributed by atoms with Crippen molar-refractivity contribution >= 4 is 21.6 Å². The van der Waals surface area contributed by atoms with Crippen LogP contribution in [0.1, 0.15) is 10.4 Å². The Morgan fingerprint density at radius 1 is 1.00 bits per heavy atom. The van der Waals surface area contributed by atoms with Crippen LogP contribution in [-0.4, -0.2) is 21.4 Å². The van der Waals surface area contributed by atoms with Gasteiger partial charge in [0, 0.05) is 23.9 Å². The number of nitrogens with one attached hydrogen (secondary N) is 2. The lowest BCUT2D eigenvalue weighted by molar-refractivity contribution is 0.0963. The monoisotopic (exact) mass is 356 g/mol. The number of para-hydroxylation sites is 1. The summed E-state index contributed by atoms with van der Waals surface area (Å²) in [6, 6.07) is 16.3. The van der Waals surface area contributed by atoms with Gasteiger partial charge in [-0.05, 0) is 42.5 Å². The molecule has 0 atom stereocenters. The van der Waals surface area contributed by atoms with Gasteiger partial charge in [-0.3, -0.25) is 9.52 Å². The van der Waals surface area contributed by atoms with Gasteiger partial charge in [-0.25, -0.2) is 8.42 Å². The van der Waals surface area contributed by atoms with E-state index in [1.54, 1.807) is 54.6 Å². The second kappa shape index (κ2) is 6.82. The zero-order valence-corrected chi connectivity index (χ0v) is 14.2. The van der Waals surface area contributed by atoms with Gasteiger partial charge in [0.05, 0.1) is 11.2 Å². The van der Waals surface area contributed by atoms with Gasteiger partial charge in [0.15, 0.2) is 0 Å². The average Bonchev–Trinajstić information content (AvgIpc) is 3.15. The molecule has 2 N–H and O–H groups in total. The third-order valence-corrected chi connectivity index (χ3v) is 4.99. The van der Waals surface area contributed by atoms with E-state index < -0.39 is 10.0 Å². The molecule has 0 aliphatic rings. The minimum Gasteiger partial charge on any atom is -0.464 e. The molecule has 0 bridgehead atoms. The summed E-state index contributed by atoms with van der Waals surface area (Å²) in [6.45, 7) is 0. The van der Waals surface area contributed by atoms with Gasteiger partial charge in [0.25, 0.3) is 15.9 Å². The molecule has 3 rings (SSSR count). The second-order valence-electron chi connectivity index (χ2n) is 5.24. The average molecular weight is 356 g/mol. The van der Waals surface area contributed by atoms with E-state index in [1.807, 2.05) is 0 Å². The number of sulfonamides is 1. The normalized spacial score (nSPS) is 11.1. The molecule has 7 heteroatoms. The van der Waals surface area contributed by atoms with Gasteiger partial charge in [-0.15, -0.1) is 0 Å². The van der Waals surface area contributed by atoms with Crippen LogP contribution < -0.4 is 10.0 Å². The third kappa shape index (κ3) is 3.56. The van der Waals surface area contributed by atoms with E-state index in [9.17, 15) is 13.2 Å². The van der Waals surface area contributed by atoms with E-state index in [2.05, 4.69) is 10.0 Å². The van der Waals surface area contributed by atoms with E-state index in [0.717, 1.165) is 0 Å². The first-order valence-electron chi connectivity index (χ1n) is 7.49. The quantitative estimate of drug-likeness (QED) is 0.735. The van der Waals surface area contributed by atoms with Crippen molar-refractivity contribution in [2.75, 3.05) is 11.8 Å². The summed E-state index contributed by atoms with van der Waals surface area (Å²) < 4.78 is 33.7. The van der Waals surface area contributed by atoms with Crippen molar-refractivity contribution in [1.29, 1.82) is 0 Å². The number of hydrogen-bond donors (Lipinski definition) is 2. The van der Waals surface area contributed by atoms with Crippen LogP contribution in [-0.2, 0) is 10.0 Å². The molecule has 1 amide bonds. The number of carbonyl (C=O) groups excluding carboxylic acids is 1. The summed E-state index contributed by atoms with van der Waals surface area (Å²) in [5.41, 5.74) is 1.05. The number of furan rings is 1. The zero-order chi connectivity index (χ0) is 17.9. The molecule has 0 unspecified atom stereocenters. The van der Waals surface area contributed by atoms with Gasteiger partial charge >= 0.3 is 0 Å². The minimum absolute atomic E-state index is 0.0348. The Morgan fingerprint density at radius 3 is 2.40 bits per heavy atom. The molecule has 2 aromatic carbocycles. The number of benzene rings is 2. The smallest absolute Gasteiger partial charge is 0.262 e. The number of hydrogen-bond acceptors (Lipinski definition) is 4. The number of anilines is 1. The topological polar surface area (TPSA) is 88.4 Å². The van der Waals surface area contributed by atoms with Gasteiger partial charge in [-0.2, -0.15) is 0 Å². The Balaban J connectivity index is 2.12. The maximum Gasteiger partial charge on any atom is 0.262 e. The Kier molecular flexibility index (Phi) is 4.58. The number of rotatable bonds is 5. The van der Waals surface area contributed by atoms with Crippen molar-refractivity contribution in [1.82, 2.24) is 5.32 Å². The van der Waals surface area contributed by atoms with Crippen LogP contribution in [0.4, 0.5) is 5.69 Å². The first-order valence-corrected chi connectivity index (χ1v) is 8.97. The molecule has 0 saturated heterocycles. The van der Waals surface area contributed by atoms with Crippen LogP contribution in [0, 0.1) is 0 Å². The van der Waals surface area contributed by atoms with E-state index in [0.29, 0.717) is 17.0 Å². The molecule has 0 saturated carbocycles. The maximum absolute atomic E-state index is 12.9. The zero-order valence-electron chi connectivity index (χ0n) is 13.4. The molecule has 128 valence electrons. The lowest BCUT2D eigenvalue weighted by Crippen LogP contribution is -2.19. The largest absolute Gasteiger partial charge is 0.464 e. The Hall–Kier alpha value is -3.06. The fourth-order valence-corrected chi connectivity index (χ4v) is 3.68. The first kappa shape index (κ1) is 16.8. The van der Waals surface area contributed by atoms with Gasteiger partial charge in [0.2, 0.25) is 0 Å². The van der Waals surface area contributed by atoms with Crippen molar-refractivity contribution in [3.63, 3.8) is 0 Å². The van der Waals surface area contributed by atoms with E-state index in [4.69, 9.17) is 4.42 Å². The molecule has 0 aliphatic carbocycles. The van der Waals surface area contributed by atoms with Gasteiger partial charge in [0.1, 0.15) is 5.76 Å². The van der Waals surface area contributed by atoms with Crippen LogP contribution in [0.2, 0.25) is 0 Å².